The molecule has 0 saturated heterocycles. The van der Waals surface area contributed by atoms with Gasteiger partial charge in [0.2, 0.25) is 0 Å². The summed E-state index contributed by atoms with van der Waals surface area (Å²) < 4.78 is 23.5. The molecular formula is C19H18FNO3. The fraction of sp³-hybridized carbons (Fsp3) is 0.211. The highest BCUT2D eigenvalue weighted by Gasteiger charge is 2.05. The van der Waals surface area contributed by atoms with Crippen LogP contribution in [0.4, 0.5) is 9.18 Å². The van der Waals surface area contributed by atoms with Crippen LogP contribution in [0.15, 0.2) is 48.5 Å². The van der Waals surface area contributed by atoms with Crippen LogP contribution in [0.25, 0.3) is 0 Å². The molecule has 24 heavy (non-hydrogen) atoms. The first-order chi connectivity index (χ1) is 11.7. The fourth-order valence-electron chi connectivity index (χ4n) is 1.97. The Hall–Kier alpha value is -3.00. The number of benzene rings is 2. The molecule has 4 nitrogen and oxygen atoms in total. The van der Waals surface area contributed by atoms with Gasteiger partial charge in [-0.1, -0.05) is 48.2 Å². The number of carbonyl (C=O) groups excluding carboxylic acids is 1. The predicted molar refractivity (Wildman–Crippen MR) is 89.1 cm³/mol. The number of halogens is 1. The van der Waals surface area contributed by atoms with Crippen molar-refractivity contribution >= 4 is 6.09 Å². The van der Waals surface area contributed by atoms with Crippen LogP contribution in [0.3, 0.4) is 0 Å². The molecular weight excluding hydrogens is 309 g/mol. The first kappa shape index (κ1) is 17.4. The normalized spacial score (nSPS) is 9.58. The number of ether oxygens (including phenoxy) is 2. The maximum absolute atomic E-state index is 13.5. The van der Waals surface area contributed by atoms with Crippen molar-refractivity contribution in [3.05, 3.63) is 65.5 Å². The number of hydrogen-bond donors (Lipinski definition) is 1. The smallest absolute Gasteiger partial charge is 0.407 e. The van der Waals surface area contributed by atoms with Gasteiger partial charge in [-0.2, -0.15) is 0 Å². The van der Waals surface area contributed by atoms with Gasteiger partial charge in [-0.25, -0.2) is 9.18 Å². The summed E-state index contributed by atoms with van der Waals surface area (Å²) in [7, 11) is 1.40. The van der Waals surface area contributed by atoms with E-state index in [1.165, 1.54) is 13.2 Å². The van der Waals surface area contributed by atoms with Gasteiger partial charge in [0.15, 0.2) is 11.6 Å². The summed E-state index contributed by atoms with van der Waals surface area (Å²) in [5.41, 5.74) is 1.40. The molecule has 1 amide bonds. The van der Waals surface area contributed by atoms with Crippen LogP contribution in [0, 0.1) is 17.7 Å². The van der Waals surface area contributed by atoms with Gasteiger partial charge in [0.25, 0.3) is 0 Å². The zero-order valence-electron chi connectivity index (χ0n) is 13.3. The molecule has 0 bridgehead atoms. The van der Waals surface area contributed by atoms with Crippen LogP contribution in [0.1, 0.15) is 17.5 Å². The number of hydrogen-bond acceptors (Lipinski definition) is 3. The highest BCUT2D eigenvalue weighted by Crippen LogP contribution is 2.20. The summed E-state index contributed by atoms with van der Waals surface area (Å²) >= 11 is 0. The highest BCUT2D eigenvalue weighted by molar-refractivity contribution is 5.67. The molecule has 0 atom stereocenters. The van der Waals surface area contributed by atoms with Gasteiger partial charge < -0.3 is 14.8 Å². The molecule has 1 N–H and O–H groups in total. The molecule has 0 spiro atoms. The quantitative estimate of drug-likeness (QED) is 0.675. The van der Waals surface area contributed by atoms with E-state index in [9.17, 15) is 9.18 Å². The standard InChI is InChI=1S/C19H18FNO3/c1-23-18-16(11-7-12-17(18)20)10-5-6-13-21-19(22)24-14-15-8-3-2-4-9-15/h2-4,7-9,11-12H,6,13-14H2,1H3,(H,21,22). The van der Waals surface area contributed by atoms with Crippen molar-refractivity contribution in [2.45, 2.75) is 13.0 Å². The molecule has 2 aromatic rings. The highest BCUT2D eigenvalue weighted by atomic mass is 19.1. The number of para-hydroxylation sites is 1. The molecule has 0 heterocycles. The predicted octanol–water partition coefficient (Wildman–Crippen LogP) is 3.50. The van der Waals surface area contributed by atoms with Crippen LogP contribution in [-0.4, -0.2) is 19.7 Å². The molecule has 0 aliphatic rings. The lowest BCUT2D eigenvalue weighted by Crippen LogP contribution is -2.24. The van der Waals surface area contributed by atoms with Crippen molar-refractivity contribution in [1.29, 1.82) is 0 Å². The van der Waals surface area contributed by atoms with Gasteiger partial charge in [-0.15, -0.1) is 0 Å². The van der Waals surface area contributed by atoms with E-state index in [1.807, 2.05) is 30.3 Å². The average Bonchev–Trinajstić information content (AvgIpc) is 2.60. The van der Waals surface area contributed by atoms with Crippen LogP contribution >= 0.6 is 0 Å². The van der Waals surface area contributed by atoms with E-state index in [1.54, 1.807) is 12.1 Å². The molecule has 0 aliphatic heterocycles. The lowest BCUT2D eigenvalue weighted by atomic mass is 10.2. The fourth-order valence-corrected chi connectivity index (χ4v) is 1.97. The third-order valence-corrected chi connectivity index (χ3v) is 3.13. The number of amides is 1. The molecule has 0 aromatic heterocycles. The molecule has 0 saturated carbocycles. The van der Waals surface area contributed by atoms with E-state index >= 15 is 0 Å². The Balaban J connectivity index is 1.74. The third kappa shape index (κ3) is 5.33. The molecule has 2 aromatic carbocycles. The van der Waals surface area contributed by atoms with Crippen LogP contribution in [-0.2, 0) is 11.3 Å². The minimum atomic E-state index is -0.496. The van der Waals surface area contributed by atoms with Crippen molar-refractivity contribution in [3.8, 4) is 17.6 Å². The minimum Gasteiger partial charge on any atom is -0.492 e. The number of rotatable bonds is 5. The van der Waals surface area contributed by atoms with Crippen LogP contribution < -0.4 is 10.1 Å². The number of methoxy groups -OCH3 is 1. The maximum Gasteiger partial charge on any atom is 0.407 e. The Morgan fingerprint density at radius 2 is 1.96 bits per heavy atom. The van der Waals surface area contributed by atoms with Gasteiger partial charge in [0.1, 0.15) is 6.61 Å². The van der Waals surface area contributed by atoms with E-state index in [0.29, 0.717) is 18.5 Å². The minimum absolute atomic E-state index is 0.125. The van der Waals surface area contributed by atoms with Gasteiger partial charge in [0.05, 0.1) is 12.7 Å². The van der Waals surface area contributed by atoms with E-state index in [-0.39, 0.29) is 12.4 Å². The first-order valence-electron chi connectivity index (χ1n) is 7.46. The van der Waals surface area contributed by atoms with Crippen molar-refractivity contribution in [3.63, 3.8) is 0 Å². The molecule has 2 rings (SSSR count). The number of carbonyl (C=O) groups is 1. The summed E-state index contributed by atoms with van der Waals surface area (Å²) in [5.74, 6) is 5.37. The number of nitrogens with one attached hydrogen (secondary N) is 1. The molecule has 124 valence electrons. The van der Waals surface area contributed by atoms with Crippen molar-refractivity contribution in [2.75, 3.05) is 13.7 Å². The SMILES string of the molecule is COc1c(F)cccc1C#CCCNC(=O)OCc1ccccc1. The van der Waals surface area contributed by atoms with Crippen molar-refractivity contribution < 1.29 is 18.7 Å². The Morgan fingerprint density at radius 3 is 2.71 bits per heavy atom. The van der Waals surface area contributed by atoms with E-state index in [4.69, 9.17) is 9.47 Å². The maximum atomic E-state index is 13.5. The zero-order chi connectivity index (χ0) is 17.2. The monoisotopic (exact) mass is 327 g/mol. The van der Waals surface area contributed by atoms with Crippen molar-refractivity contribution in [1.82, 2.24) is 5.32 Å². The molecule has 5 heteroatoms. The van der Waals surface area contributed by atoms with Gasteiger partial charge in [0, 0.05) is 13.0 Å². The number of alkyl carbamates (subject to hydrolysis) is 1. The lowest BCUT2D eigenvalue weighted by Gasteiger charge is -2.05. The van der Waals surface area contributed by atoms with E-state index in [0.717, 1.165) is 5.56 Å². The second kappa shape index (κ2) is 9.21. The Bertz CT molecular complexity index is 735. The Labute approximate surface area is 140 Å². The summed E-state index contributed by atoms with van der Waals surface area (Å²) in [6.07, 6.45) is -0.0795. The second-order valence-corrected chi connectivity index (χ2v) is 4.86. The summed E-state index contributed by atoms with van der Waals surface area (Å²) in [5, 5.41) is 2.61. The second-order valence-electron chi connectivity index (χ2n) is 4.86. The molecule has 0 unspecified atom stereocenters. The van der Waals surface area contributed by atoms with Gasteiger partial charge in [-0.05, 0) is 17.7 Å². The molecule has 0 fully saturated rings. The Morgan fingerprint density at radius 1 is 1.17 bits per heavy atom. The summed E-state index contributed by atoms with van der Waals surface area (Å²) in [6, 6.07) is 14.0. The van der Waals surface area contributed by atoms with Gasteiger partial charge >= 0.3 is 6.09 Å². The molecule has 0 radical (unpaired) electrons. The van der Waals surface area contributed by atoms with Crippen LogP contribution in [0.5, 0.6) is 5.75 Å². The largest absolute Gasteiger partial charge is 0.492 e. The summed E-state index contributed by atoms with van der Waals surface area (Å²) in [6.45, 7) is 0.567. The first-order valence-corrected chi connectivity index (χ1v) is 7.46. The Kier molecular flexibility index (Phi) is 6.66. The lowest BCUT2D eigenvalue weighted by molar-refractivity contribution is 0.140. The third-order valence-electron chi connectivity index (χ3n) is 3.13. The van der Waals surface area contributed by atoms with E-state index in [2.05, 4.69) is 17.2 Å². The molecule has 0 aliphatic carbocycles. The zero-order valence-corrected chi connectivity index (χ0v) is 13.3. The van der Waals surface area contributed by atoms with E-state index < -0.39 is 11.9 Å². The van der Waals surface area contributed by atoms with Crippen molar-refractivity contribution in [2.24, 2.45) is 0 Å². The average molecular weight is 327 g/mol. The van der Waals surface area contributed by atoms with Crippen LogP contribution in [0.2, 0.25) is 0 Å². The summed E-state index contributed by atoms with van der Waals surface area (Å²) in [4.78, 5) is 11.5. The topological polar surface area (TPSA) is 47.6 Å². The van der Waals surface area contributed by atoms with Gasteiger partial charge in [-0.3, -0.25) is 0 Å².